The Morgan fingerprint density at radius 1 is 1.10 bits per heavy atom. The molecule has 2 rings (SSSR count). The van der Waals surface area contributed by atoms with E-state index in [-0.39, 0.29) is 16.7 Å². The standard InChI is InChI=1S/C17H22N2O2/c1-5-13-11-19(16(21)18-15(13)20)10-12-6-8-14(9-7-12)17(2,3)4/h6-9,11H,5,10H2,1-4H3,(H,18,20,21). The smallest absolute Gasteiger partial charge is 0.296 e. The number of nitrogens with one attached hydrogen (secondary N) is 1. The molecule has 0 saturated heterocycles. The Morgan fingerprint density at radius 2 is 1.71 bits per heavy atom. The summed E-state index contributed by atoms with van der Waals surface area (Å²) in [5.41, 5.74) is 2.39. The van der Waals surface area contributed by atoms with Crippen LogP contribution in [-0.2, 0) is 18.4 Å². The minimum absolute atomic E-state index is 0.114. The molecule has 4 nitrogen and oxygen atoms in total. The third kappa shape index (κ3) is 3.51. The van der Waals surface area contributed by atoms with Crippen LogP contribution in [0.1, 0.15) is 44.4 Å². The highest BCUT2D eigenvalue weighted by Crippen LogP contribution is 2.22. The molecule has 0 atom stereocenters. The second-order valence-corrected chi connectivity index (χ2v) is 6.34. The minimum Gasteiger partial charge on any atom is -0.296 e. The lowest BCUT2D eigenvalue weighted by Gasteiger charge is -2.19. The Labute approximate surface area is 124 Å². The number of hydrogen-bond donors (Lipinski definition) is 1. The van der Waals surface area contributed by atoms with Gasteiger partial charge in [-0.1, -0.05) is 52.0 Å². The number of aromatic nitrogens is 2. The third-order valence-electron chi connectivity index (χ3n) is 3.64. The number of aryl methyl sites for hydroxylation is 1. The van der Waals surface area contributed by atoms with Gasteiger partial charge in [0, 0.05) is 11.8 Å². The fraction of sp³-hybridized carbons (Fsp3) is 0.412. The molecule has 112 valence electrons. The van der Waals surface area contributed by atoms with Gasteiger partial charge < -0.3 is 0 Å². The van der Waals surface area contributed by atoms with Crippen molar-refractivity contribution in [1.29, 1.82) is 0 Å². The van der Waals surface area contributed by atoms with E-state index >= 15 is 0 Å². The van der Waals surface area contributed by atoms with Crippen LogP contribution in [0.25, 0.3) is 0 Å². The van der Waals surface area contributed by atoms with Crippen LogP contribution < -0.4 is 11.2 Å². The van der Waals surface area contributed by atoms with Gasteiger partial charge in [-0.15, -0.1) is 0 Å². The maximum absolute atomic E-state index is 11.8. The van der Waals surface area contributed by atoms with Gasteiger partial charge in [-0.3, -0.25) is 14.3 Å². The molecular weight excluding hydrogens is 264 g/mol. The molecule has 0 saturated carbocycles. The molecule has 21 heavy (non-hydrogen) atoms. The summed E-state index contributed by atoms with van der Waals surface area (Å²) in [7, 11) is 0. The summed E-state index contributed by atoms with van der Waals surface area (Å²) < 4.78 is 1.55. The van der Waals surface area contributed by atoms with Crippen LogP contribution in [-0.4, -0.2) is 9.55 Å². The van der Waals surface area contributed by atoms with E-state index in [0.29, 0.717) is 18.5 Å². The van der Waals surface area contributed by atoms with E-state index in [1.807, 2.05) is 19.1 Å². The fourth-order valence-electron chi connectivity index (χ4n) is 2.23. The van der Waals surface area contributed by atoms with E-state index in [1.54, 1.807) is 10.8 Å². The Balaban J connectivity index is 2.30. The molecule has 0 spiro atoms. The summed E-state index contributed by atoms with van der Waals surface area (Å²) in [6.45, 7) is 8.87. The lowest BCUT2D eigenvalue weighted by Crippen LogP contribution is -2.31. The summed E-state index contributed by atoms with van der Waals surface area (Å²) in [6.07, 6.45) is 2.26. The zero-order valence-electron chi connectivity index (χ0n) is 13.1. The summed E-state index contributed by atoms with van der Waals surface area (Å²) in [5.74, 6) is 0. The number of benzene rings is 1. The van der Waals surface area contributed by atoms with Crippen molar-refractivity contribution in [3.05, 3.63) is 68.0 Å². The van der Waals surface area contributed by atoms with Crippen molar-refractivity contribution >= 4 is 0 Å². The molecule has 0 aliphatic heterocycles. The van der Waals surface area contributed by atoms with Gasteiger partial charge in [-0.25, -0.2) is 4.79 Å². The van der Waals surface area contributed by atoms with Crippen molar-refractivity contribution in [3.8, 4) is 0 Å². The Kier molecular flexibility index (Phi) is 4.16. The SMILES string of the molecule is CCc1cn(Cc2ccc(C(C)(C)C)cc2)c(=O)[nH]c1=O. The molecule has 1 N–H and O–H groups in total. The largest absolute Gasteiger partial charge is 0.328 e. The number of H-pyrrole nitrogens is 1. The molecule has 0 radical (unpaired) electrons. The zero-order valence-corrected chi connectivity index (χ0v) is 13.1. The van der Waals surface area contributed by atoms with E-state index in [9.17, 15) is 9.59 Å². The molecule has 0 amide bonds. The van der Waals surface area contributed by atoms with Crippen LogP contribution in [0.4, 0.5) is 0 Å². The van der Waals surface area contributed by atoms with Gasteiger partial charge in [-0.2, -0.15) is 0 Å². The van der Waals surface area contributed by atoms with Crippen molar-refractivity contribution in [2.75, 3.05) is 0 Å². The van der Waals surface area contributed by atoms with Gasteiger partial charge in [0.2, 0.25) is 0 Å². The maximum atomic E-state index is 11.8. The first-order chi connectivity index (χ1) is 9.81. The molecule has 1 heterocycles. The second-order valence-electron chi connectivity index (χ2n) is 6.34. The Morgan fingerprint density at radius 3 is 2.24 bits per heavy atom. The molecule has 0 unspecified atom stereocenters. The van der Waals surface area contributed by atoms with Crippen molar-refractivity contribution in [1.82, 2.24) is 9.55 Å². The first-order valence-corrected chi connectivity index (χ1v) is 7.23. The van der Waals surface area contributed by atoms with Crippen LogP contribution in [0.2, 0.25) is 0 Å². The molecular formula is C17H22N2O2. The van der Waals surface area contributed by atoms with Gasteiger partial charge in [0.25, 0.3) is 5.56 Å². The molecule has 1 aromatic carbocycles. The first kappa shape index (κ1) is 15.3. The average molecular weight is 286 g/mol. The molecule has 0 aliphatic rings. The summed E-state index contributed by atoms with van der Waals surface area (Å²) >= 11 is 0. The number of hydrogen-bond acceptors (Lipinski definition) is 2. The maximum Gasteiger partial charge on any atom is 0.328 e. The van der Waals surface area contributed by atoms with Gasteiger partial charge in [0.05, 0.1) is 6.54 Å². The first-order valence-electron chi connectivity index (χ1n) is 7.23. The lowest BCUT2D eigenvalue weighted by molar-refractivity contribution is 0.589. The Hall–Kier alpha value is -2.10. The van der Waals surface area contributed by atoms with Crippen molar-refractivity contribution in [2.45, 2.75) is 46.1 Å². The zero-order chi connectivity index (χ0) is 15.6. The second kappa shape index (κ2) is 5.72. The van der Waals surface area contributed by atoms with Crippen LogP contribution >= 0.6 is 0 Å². The third-order valence-corrected chi connectivity index (χ3v) is 3.64. The molecule has 0 bridgehead atoms. The average Bonchev–Trinajstić information content (AvgIpc) is 2.41. The molecule has 0 aliphatic carbocycles. The van der Waals surface area contributed by atoms with E-state index < -0.39 is 0 Å². The normalized spacial score (nSPS) is 11.6. The monoisotopic (exact) mass is 286 g/mol. The fourth-order valence-corrected chi connectivity index (χ4v) is 2.23. The van der Waals surface area contributed by atoms with Gasteiger partial charge in [0.1, 0.15) is 0 Å². The topological polar surface area (TPSA) is 54.9 Å². The van der Waals surface area contributed by atoms with Crippen LogP contribution in [0.5, 0.6) is 0 Å². The summed E-state index contributed by atoms with van der Waals surface area (Å²) in [6, 6.07) is 8.24. The van der Waals surface area contributed by atoms with Crippen LogP contribution in [0.3, 0.4) is 0 Å². The molecule has 0 fully saturated rings. The van der Waals surface area contributed by atoms with Crippen LogP contribution in [0.15, 0.2) is 40.1 Å². The summed E-state index contributed by atoms with van der Waals surface area (Å²) in [4.78, 5) is 25.8. The van der Waals surface area contributed by atoms with Gasteiger partial charge in [-0.05, 0) is 23.0 Å². The molecule has 1 aromatic heterocycles. The number of nitrogens with zero attached hydrogens (tertiary/aromatic N) is 1. The molecule has 2 aromatic rings. The predicted molar refractivity (Wildman–Crippen MR) is 84.9 cm³/mol. The quantitative estimate of drug-likeness (QED) is 0.942. The van der Waals surface area contributed by atoms with E-state index in [0.717, 1.165) is 5.56 Å². The predicted octanol–water partition coefficient (Wildman–Crippen LogP) is 2.44. The Bertz CT molecular complexity index is 731. The van der Waals surface area contributed by atoms with Crippen molar-refractivity contribution in [2.24, 2.45) is 0 Å². The lowest BCUT2D eigenvalue weighted by atomic mass is 9.87. The van der Waals surface area contributed by atoms with Crippen molar-refractivity contribution < 1.29 is 0 Å². The number of rotatable bonds is 3. The van der Waals surface area contributed by atoms with Gasteiger partial charge >= 0.3 is 5.69 Å². The van der Waals surface area contributed by atoms with E-state index in [4.69, 9.17) is 0 Å². The molecule has 4 heteroatoms. The number of aromatic amines is 1. The van der Waals surface area contributed by atoms with Crippen molar-refractivity contribution in [3.63, 3.8) is 0 Å². The van der Waals surface area contributed by atoms with E-state index in [1.165, 1.54) is 5.56 Å². The highest BCUT2D eigenvalue weighted by atomic mass is 16.2. The highest BCUT2D eigenvalue weighted by Gasteiger charge is 2.13. The summed E-state index contributed by atoms with van der Waals surface area (Å²) in [5, 5.41) is 0. The van der Waals surface area contributed by atoms with Crippen LogP contribution in [0, 0.1) is 0 Å². The minimum atomic E-state index is -0.364. The van der Waals surface area contributed by atoms with E-state index in [2.05, 4.69) is 37.9 Å². The van der Waals surface area contributed by atoms with Gasteiger partial charge in [0.15, 0.2) is 0 Å². The highest BCUT2D eigenvalue weighted by molar-refractivity contribution is 5.27.